The molecule has 0 bridgehead atoms. The first kappa shape index (κ1) is 20.5. The van der Waals surface area contributed by atoms with E-state index >= 15 is 0 Å². The lowest BCUT2D eigenvalue weighted by molar-refractivity contribution is 0.168. The van der Waals surface area contributed by atoms with Gasteiger partial charge in [0.2, 0.25) is 6.79 Å². The van der Waals surface area contributed by atoms with Crippen LogP contribution in [0.4, 0.5) is 4.39 Å². The molecule has 0 aliphatic carbocycles. The summed E-state index contributed by atoms with van der Waals surface area (Å²) in [5, 5.41) is 0.0399. The largest absolute Gasteiger partial charge is 0.486 e. The number of halogens is 2. The predicted molar refractivity (Wildman–Crippen MR) is 115 cm³/mol. The van der Waals surface area contributed by atoms with E-state index in [4.69, 9.17) is 25.8 Å². The third-order valence-electron chi connectivity index (χ3n) is 5.01. The van der Waals surface area contributed by atoms with Gasteiger partial charge in [-0.1, -0.05) is 48.0 Å². The minimum absolute atomic E-state index is 0.0399. The highest BCUT2D eigenvalue weighted by molar-refractivity contribution is 6.30. The van der Waals surface area contributed by atoms with Gasteiger partial charge >= 0.3 is 0 Å². The van der Waals surface area contributed by atoms with Crippen LogP contribution in [0.25, 0.3) is 0 Å². The standard InChI is InChI=1S/C24H23ClFNO3/c1-27(15-17-5-3-2-4-6-17)12-11-22(30-19-8-9-21(26)20(25)14-19)18-7-10-23-24(13-18)29-16-28-23/h2-10,13-14,22H,11-12,15-16H2,1H3. The molecule has 0 saturated heterocycles. The summed E-state index contributed by atoms with van der Waals surface area (Å²) >= 11 is 5.94. The zero-order valence-corrected chi connectivity index (χ0v) is 17.4. The maximum Gasteiger partial charge on any atom is 0.231 e. The number of rotatable bonds is 8. The third kappa shape index (κ3) is 5.04. The summed E-state index contributed by atoms with van der Waals surface area (Å²) < 4.78 is 30.7. The van der Waals surface area contributed by atoms with Crippen LogP contribution in [0.5, 0.6) is 17.2 Å². The summed E-state index contributed by atoms with van der Waals surface area (Å²) in [6.45, 7) is 1.87. The molecule has 1 aliphatic heterocycles. The molecule has 0 fully saturated rings. The summed E-state index contributed by atoms with van der Waals surface area (Å²) in [5.74, 6) is 1.49. The summed E-state index contributed by atoms with van der Waals surface area (Å²) in [5.41, 5.74) is 2.22. The van der Waals surface area contributed by atoms with Gasteiger partial charge in [-0.3, -0.25) is 0 Å². The van der Waals surface area contributed by atoms with E-state index in [0.29, 0.717) is 11.5 Å². The molecule has 156 valence electrons. The highest BCUT2D eigenvalue weighted by Gasteiger charge is 2.20. The Morgan fingerprint density at radius 2 is 1.83 bits per heavy atom. The van der Waals surface area contributed by atoms with Gasteiger partial charge in [0, 0.05) is 25.6 Å². The van der Waals surface area contributed by atoms with E-state index in [2.05, 4.69) is 24.1 Å². The fraction of sp³-hybridized carbons (Fsp3) is 0.250. The van der Waals surface area contributed by atoms with Crippen molar-refractivity contribution in [3.63, 3.8) is 0 Å². The van der Waals surface area contributed by atoms with Gasteiger partial charge in [-0.05, 0) is 42.4 Å². The zero-order valence-electron chi connectivity index (χ0n) is 16.7. The Morgan fingerprint density at radius 3 is 2.63 bits per heavy atom. The average Bonchev–Trinajstić information content (AvgIpc) is 3.22. The van der Waals surface area contributed by atoms with Crippen LogP contribution in [0.3, 0.4) is 0 Å². The first-order valence-corrected chi connectivity index (χ1v) is 10.2. The molecule has 0 amide bonds. The molecule has 1 atom stereocenters. The zero-order chi connectivity index (χ0) is 20.9. The molecule has 6 heteroatoms. The number of fused-ring (bicyclic) bond motifs is 1. The highest BCUT2D eigenvalue weighted by Crippen LogP contribution is 2.36. The van der Waals surface area contributed by atoms with Crippen LogP contribution >= 0.6 is 11.6 Å². The van der Waals surface area contributed by atoms with Crippen molar-refractivity contribution in [2.75, 3.05) is 20.4 Å². The maximum absolute atomic E-state index is 13.5. The number of hydrogen-bond acceptors (Lipinski definition) is 4. The van der Waals surface area contributed by atoms with Crippen LogP contribution in [0, 0.1) is 5.82 Å². The number of nitrogens with zero attached hydrogens (tertiary/aromatic N) is 1. The summed E-state index contributed by atoms with van der Waals surface area (Å²) in [4.78, 5) is 2.25. The lowest BCUT2D eigenvalue weighted by Crippen LogP contribution is -2.22. The van der Waals surface area contributed by atoms with Crippen LogP contribution in [0.15, 0.2) is 66.7 Å². The van der Waals surface area contributed by atoms with E-state index < -0.39 is 5.82 Å². The van der Waals surface area contributed by atoms with Crippen molar-refractivity contribution in [3.05, 3.63) is 88.7 Å². The number of benzene rings is 3. The average molecular weight is 428 g/mol. The number of hydrogen-bond donors (Lipinski definition) is 0. The lowest BCUT2D eigenvalue weighted by Gasteiger charge is -2.24. The van der Waals surface area contributed by atoms with Gasteiger partial charge < -0.3 is 19.1 Å². The SMILES string of the molecule is CN(CCC(Oc1ccc(F)c(Cl)c1)c1ccc2c(c1)OCO2)Cc1ccccc1. The Morgan fingerprint density at radius 1 is 1.03 bits per heavy atom. The Bertz CT molecular complexity index is 999. The van der Waals surface area contributed by atoms with Crippen LogP contribution in [0.2, 0.25) is 5.02 Å². The molecule has 0 N–H and O–H groups in total. The molecule has 0 aromatic heterocycles. The van der Waals surface area contributed by atoms with E-state index in [0.717, 1.165) is 30.8 Å². The van der Waals surface area contributed by atoms with E-state index in [1.807, 2.05) is 36.4 Å². The minimum Gasteiger partial charge on any atom is -0.486 e. The molecule has 0 spiro atoms. The molecule has 0 radical (unpaired) electrons. The van der Waals surface area contributed by atoms with Gasteiger partial charge in [0.1, 0.15) is 17.7 Å². The number of ether oxygens (including phenoxy) is 3. The summed E-state index contributed by atoms with van der Waals surface area (Å²) in [6.07, 6.45) is 0.483. The topological polar surface area (TPSA) is 30.9 Å². The van der Waals surface area contributed by atoms with Crippen molar-refractivity contribution in [1.29, 1.82) is 0 Å². The van der Waals surface area contributed by atoms with E-state index in [1.54, 1.807) is 6.07 Å². The molecule has 4 nitrogen and oxygen atoms in total. The maximum atomic E-state index is 13.5. The van der Waals surface area contributed by atoms with Crippen molar-refractivity contribution < 1.29 is 18.6 Å². The fourth-order valence-corrected chi connectivity index (χ4v) is 3.60. The van der Waals surface area contributed by atoms with E-state index in [1.165, 1.54) is 17.7 Å². The van der Waals surface area contributed by atoms with Gasteiger partial charge in [0.05, 0.1) is 5.02 Å². The predicted octanol–water partition coefficient (Wildman–Crippen LogP) is 5.85. The quantitative estimate of drug-likeness (QED) is 0.451. The van der Waals surface area contributed by atoms with Gasteiger partial charge in [-0.25, -0.2) is 4.39 Å². The van der Waals surface area contributed by atoms with Crippen molar-refractivity contribution in [2.45, 2.75) is 19.1 Å². The lowest BCUT2D eigenvalue weighted by atomic mass is 10.0. The Balaban J connectivity index is 1.50. The Kier molecular flexibility index (Phi) is 6.41. The molecule has 1 unspecified atom stereocenters. The monoisotopic (exact) mass is 427 g/mol. The van der Waals surface area contributed by atoms with Crippen molar-refractivity contribution >= 4 is 11.6 Å². The van der Waals surface area contributed by atoms with Gasteiger partial charge in [-0.2, -0.15) is 0 Å². The minimum atomic E-state index is -0.466. The van der Waals surface area contributed by atoms with Crippen molar-refractivity contribution in [1.82, 2.24) is 4.90 Å². The first-order valence-electron chi connectivity index (χ1n) is 9.82. The first-order chi connectivity index (χ1) is 14.6. The molecular weight excluding hydrogens is 405 g/mol. The fourth-order valence-electron chi connectivity index (χ4n) is 3.43. The van der Waals surface area contributed by atoms with Crippen LogP contribution in [-0.4, -0.2) is 25.3 Å². The molecule has 3 aromatic rings. The van der Waals surface area contributed by atoms with Gasteiger partial charge in [-0.15, -0.1) is 0 Å². The second-order valence-corrected chi connectivity index (χ2v) is 7.71. The molecular formula is C24H23ClFNO3. The molecule has 3 aromatic carbocycles. The van der Waals surface area contributed by atoms with E-state index in [-0.39, 0.29) is 17.9 Å². The molecule has 1 heterocycles. The Labute approximate surface area is 180 Å². The third-order valence-corrected chi connectivity index (χ3v) is 5.30. The van der Waals surface area contributed by atoms with Crippen LogP contribution < -0.4 is 14.2 Å². The molecule has 1 aliphatic rings. The second-order valence-electron chi connectivity index (χ2n) is 7.31. The van der Waals surface area contributed by atoms with Crippen LogP contribution in [0.1, 0.15) is 23.7 Å². The highest BCUT2D eigenvalue weighted by atomic mass is 35.5. The molecule has 30 heavy (non-hydrogen) atoms. The Hall–Kier alpha value is -2.76. The molecule has 4 rings (SSSR count). The summed E-state index contributed by atoms with van der Waals surface area (Å²) in [7, 11) is 2.08. The van der Waals surface area contributed by atoms with E-state index in [9.17, 15) is 4.39 Å². The van der Waals surface area contributed by atoms with Crippen LogP contribution in [-0.2, 0) is 6.54 Å². The van der Waals surface area contributed by atoms with Gasteiger partial charge in [0.15, 0.2) is 11.5 Å². The normalized spacial score (nSPS) is 13.5. The van der Waals surface area contributed by atoms with Gasteiger partial charge in [0.25, 0.3) is 0 Å². The van der Waals surface area contributed by atoms with Crippen molar-refractivity contribution in [2.24, 2.45) is 0 Å². The summed E-state index contributed by atoms with van der Waals surface area (Å²) in [6, 6.07) is 20.5. The van der Waals surface area contributed by atoms with Crippen molar-refractivity contribution in [3.8, 4) is 17.2 Å². The smallest absolute Gasteiger partial charge is 0.231 e. The molecule has 0 saturated carbocycles. The second kappa shape index (κ2) is 9.37.